The van der Waals surface area contributed by atoms with E-state index in [1.807, 2.05) is 24.3 Å². The van der Waals surface area contributed by atoms with Crippen LogP contribution in [-0.4, -0.2) is 26.1 Å². The van der Waals surface area contributed by atoms with Crippen LogP contribution in [0.1, 0.15) is 12.5 Å². The molecule has 116 valence electrons. The summed E-state index contributed by atoms with van der Waals surface area (Å²) in [5.74, 6) is -0.456. The number of nitrogens with zero attached hydrogens (tertiary/aromatic N) is 3. The van der Waals surface area contributed by atoms with Gasteiger partial charge in [-0.25, -0.2) is 4.79 Å². The molecule has 0 aliphatic rings. The van der Waals surface area contributed by atoms with Crippen LogP contribution in [0, 0.1) is 0 Å². The van der Waals surface area contributed by atoms with Crippen LogP contribution >= 0.6 is 0 Å². The number of benzene rings is 2. The maximum absolute atomic E-state index is 11.4. The SMILES string of the molecule is C=C(C)C(=O)OCc1ccc(-n2nc3ccccc3n2)c(O)c1. The van der Waals surface area contributed by atoms with E-state index >= 15 is 0 Å². The number of hydrogen-bond donors (Lipinski definition) is 1. The molecular weight excluding hydrogens is 294 g/mol. The van der Waals surface area contributed by atoms with Crippen molar-refractivity contribution in [3.05, 3.63) is 60.2 Å². The van der Waals surface area contributed by atoms with Crippen molar-refractivity contribution in [1.82, 2.24) is 15.0 Å². The van der Waals surface area contributed by atoms with Crippen molar-refractivity contribution >= 4 is 17.0 Å². The first-order chi connectivity index (χ1) is 11.0. The lowest BCUT2D eigenvalue weighted by Crippen LogP contribution is -2.05. The summed E-state index contributed by atoms with van der Waals surface area (Å²) < 4.78 is 5.05. The van der Waals surface area contributed by atoms with Gasteiger partial charge in [-0.1, -0.05) is 24.8 Å². The molecule has 0 amide bonds. The lowest BCUT2D eigenvalue weighted by molar-refractivity contribution is -0.140. The molecule has 0 aliphatic carbocycles. The average Bonchev–Trinajstić information content (AvgIpc) is 2.96. The second-order valence-electron chi connectivity index (χ2n) is 5.16. The van der Waals surface area contributed by atoms with E-state index in [1.54, 1.807) is 19.1 Å². The predicted molar refractivity (Wildman–Crippen MR) is 85.1 cm³/mol. The number of carbonyl (C=O) groups is 1. The summed E-state index contributed by atoms with van der Waals surface area (Å²) in [6.07, 6.45) is 0. The normalized spacial score (nSPS) is 10.7. The zero-order chi connectivity index (χ0) is 16.4. The highest BCUT2D eigenvalue weighted by atomic mass is 16.5. The highest BCUT2D eigenvalue weighted by molar-refractivity contribution is 5.86. The minimum Gasteiger partial charge on any atom is -0.506 e. The molecule has 6 heteroatoms. The van der Waals surface area contributed by atoms with Crippen molar-refractivity contribution < 1.29 is 14.6 Å². The number of aromatic hydroxyl groups is 1. The fraction of sp³-hybridized carbons (Fsp3) is 0.118. The van der Waals surface area contributed by atoms with Gasteiger partial charge in [-0.15, -0.1) is 15.0 Å². The summed E-state index contributed by atoms with van der Waals surface area (Å²) in [7, 11) is 0. The Morgan fingerprint density at radius 3 is 2.43 bits per heavy atom. The van der Waals surface area contributed by atoms with E-state index in [-0.39, 0.29) is 12.4 Å². The van der Waals surface area contributed by atoms with Crippen molar-refractivity contribution in [2.75, 3.05) is 0 Å². The number of aromatic nitrogens is 3. The second-order valence-corrected chi connectivity index (χ2v) is 5.16. The van der Waals surface area contributed by atoms with Crippen LogP contribution in [0.3, 0.4) is 0 Å². The fourth-order valence-corrected chi connectivity index (χ4v) is 2.07. The predicted octanol–water partition coefficient (Wildman–Crippen LogP) is 2.75. The first-order valence-electron chi connectivity index (χ1n) is 7.01. The Kier molecular flexibility index (Phi) is 3.80. The number of rotatable bonds is 4. The number of ether oxygens (including phenoxy) is 1. The summed E-state index contributed by atoms with van der Waals surface area (Å²) in [6, 6.07) is 12.4. The molecule has 1 aromatic heterocycles. The lowest BCUT2D eigenvalue weighted by atomic mass is 10.2. The highest BCUT2D eigenvalue weighted by Gasteiger charge is 2.10. The van der Waals surface area contributed by atoms with Gasteiger partial charge in [0.1, 0.15) is 29.1 Å². The van der Waals surface area contributed by atoms with Crippen LogP contribution in [0.15, 0.2) is 54.6 Å². The molecule has 0 saturated heterocycles. The van der Waals surface area contributed by atoms with Crippen molar-refractivity contribution in [2.45, 2.75) is 13.5 Å². The Morgan fingerprint density at radius 2 is 1.87 bits per heavy atom. The Hall–Kier alpha value is -3.15. The van der Waals surface area contributed by atoms with E-state index < -0.39 is 5.97 Å². The molecule has 0 saturated carbocycles. The Balaban J connectivity index is 1.84. The van der Waals surface area contributed by atoms with Crippen molar-refractivity contribution in [1.29, 1.82) is 0 Å². The van der Waals surface area contributed by atoms with Gasteiger partial charge in [0.25, 0.3) is 0 Å². The fourth-order valence-electron chi connectivity index (χ4n) is 2.07. The zero-order valence-corrected chi connectivity index (χ0v) is 12.6. The van der Waals surface area contributed by atoms with Gasteiger partial charge in [0.15, 0.2) is 0 Å². The number of phenolic OH excluding ortho intramolecular Hbond substituents is 1. The number of phenols is 1. The van der Waals surface area contributed by atoms with Gasteiger partial charge in [-0.2, -0.15) is 0 Å². The second kappa shape index (κ2) is 5.92. The monoisotopic (exact) mass is 309 g/mol. The molecule has 6 nitrogen and oxygen atoms in total. The molecule has 3 rings (SSSR count). The molecule has 1 heterocycles. The van der Waals surface area contributed by atoms with Gasteiger partial charge in [-0.3, -0.25) is 0 Å². The summed E-state index contributed by atoms with van der Waals surface area (Å²) in [6.45, 7) is 5.16. The van der Waals surface area contributed by atoms with Crippen LogP contribution in [-0.2, 0) is 16.1 Å². The molecule has 0 unspecified atom stereocenters. The van der Waals surface area contributed by atoms with E-state index in [1.165, 1.54) is 10.9 Å². The van der Waals surface area contributed by atoms with Crippen molar-refractivity contribution in [3.63, 3.8) is 0 Å². The molecule has 23 heavy (non-hydrogen) atoms. The van der Waals surface area contributed by atoms with Crippen LogP contribution < -0.4 is 0 Å². The first-order valence-corrected chi connectivity index (χ1v) is 7.01. The summed E-state index contributed by atoms with van der Waals surface area (Å²) in [5, 5.41) is 18.8. The molecule has 2 aromatic carbocycles. The molecular formula is C17H15N3O3. The lowest BCUT2D eigenvalue weighted by Gasteiger charge is -2.07. The third kappa shape index (κ3) is 3.06. The van der Waals surface area contributed by atoms with Crippen molar-refractivity contribution in [3.8, 4) is 11.4 Å². The maximum atomic E-state index is 11.4. The molecule has 3 aromatic rings. The van der Waals surface area contributed by atoms with Crippen molar-refractivity contribution in [2.24, 2.45) is 0 Å². The van der Waals surface area contributed by atoms with Crippen LogP contribution in [0.4, 0.5) is 0 Å². The van der Waals surface area contributed by atoms with Gasteiger partial charge in [-0.05, 0) is 36.8 Å². The van der Waals surface area contributed by atoms with Gasteiger partial charge in [0.2, 0.25) is 0 Å². The number of esters is 1. The first kappa shape index (κ1) is 14.8. The summed E-state index contributed by atoms with van der Waals surface area (Å²) in [5.41, 5.74) is 2.93. The van der Waals surface area contributed by atoms with Gasteiger partial charge >= 0.3 is 5.97 Å². The number of hydrogen-bond acceptors (Lipinski definition) is 5. The molecule has 0 aliphatic heterocycles. The summed E-state index contributed by atoms with van der Waals surface area (Å²) >= 11 is 0. The minimum atomic E-state index is -0.464. The summed E-state index contributed by atoms with van der Waals surface area (Å²) in [4.78, 5) is 12.8. The van der Waals surface area contributed by atoms with E-state index in [2.05, 4.69) is 16.8 Å². The third-order valence-electron chi connectivity index (χ3n) is 3.26. The molecule has 0 atom stereocenters. The smallest absolute Gasteiger partial charge is 0.333 e. The third-order valence-corrected chi connectivity index (χ3v) is 3.26. The van der Waals surface area contributed by atoms with E-state index in [0.717, 1.165) is 11.0 Å². The van der Waals surface area contributed by atoms with Crippen LogP contribution in [0.25, 0.3) is 16.7 Å². The largest absolute Gasteiger partial charge is 0.506 e. The van der Waals surface area contributed by atoms with Gasteiger partial charge in [0.05, 0.1) is 0 Å². The highest BCUT2D eigenvalue weighted by Crippen LogP contribution is 2.23. The standard InChI is InChI=1S/C17H15N3O3/c1-11(2)17(22)23-10-12-7-8-15(16(21)9-12)20-18-13-5-3-4-6-14(13)19-20/h3-9,21H,1,10H2,2H3. The molecule has 1 N–H and O–H groups in total. The molecule has 0 spiro atoms. The quantitative estimate of drug-likeness (QED) is 0.592. The minimum absolute atomic E-state index is 0.00850. The van der Waals surface area contributed by atoms with E-state index in [4.69, 9.17) is 4.74 Å². The van der Waals surface area contributed by atoms with E-state index in [0.29, 0.717) is 16.8 Å². The number of carbonyl (C=O) groups excluding carboxylic acids is 1. The zero-order valence-electron chi connectivity index (χ0n) is 12.6. The Morgan fingerprint density at radius 1 is 1.22 bits per heavy atom. The molecule has 0 fully saturated rings. The van der Waals surface area contributed by atoms with Crippen LogP contribution in [0.2, 0.25) is 0 Å². The average molecular weight is 309 g/mol. The Labute approximate surface area is 132 Å². The number of fused-ring (bicyclic) bond motifs is 1. The van der Waals surface area contributed by atoms with Gasteiger partial charge in [0, 0.05) is 5.57 Å². The molecule has 0 radical (unpaired) electrons. The van der Waals surface area contributed by atoms with Crippen LogP contribution in [0.5, 0.6) is 5.75 Å². The maximum Gasteiger partial charge on any atom is 0.333 e. The Bertz CT molecular complexity index is 866. The molecule has 0 bridgehead atoms. The van der Waals surface area contributed by atoms with Gasteiger partial charge < -0.3 is 9.84 Å². The topological polar surface area (TPSA) is 77.2 Å². The van der Waals surface area contributed by atoms with E-state index in [9.17, 15) is 9.90 Å².